The van der Waals surface area contributed by atoms with Gasteiger partial charge < -0.3 is 9.73 Å². The zero-order chi connectivity index (χ0) is 15.2. The molecule has 4 nitrogen and oxygen atoms in total. The number of furan rings is 1. The highest BCUT2D eigenvalue weighted by Crippen LogP contribution is 2.22. The van der Waals surface area contributed by atoms with Crippen molar-refractivity contribution in [3.63, 3.8) is 0 Å². The van der Waals surface area contributed by atoms with E-state index in [1.165, 1.54) is 32.1 Å². The predicted octanol–water partition coefficient (Wildman–Crippen LogP) is 3.56. The quantitative estimate of drug-likeness (QED) is 0.847. The van der Waals surface area contributed by atoms with Gasteiger partial charge in [-0.2, -0.15) is 0 Å². The second kappa shape index (κ2) is 7.99. The van der Waals surface area contributed by atoms with Crippen LogP contribution in [0.4, 0.5) is 0 Å². The number of hydrogen-bond donors (Lipinski definition) is 1. The summed E-state index contributed by atoms with van der Waals surface area (Å²) in [5.41, 5.74) is 0. The molecule has 1 aliphatic carbocycles. The largest absolute Gasteiger partial charge is 0.453 e. The highest BCUT2D eigenvalue weighted by molar-refractivity contribution is 9.10. The van der Waals surface area contributed by atoms with Crippen molar-refractivity contribution in [3.8, 4) is 0 Å². The summed E-state index contributed by atoms with van der Waals surface area (Å²) in [4.78, 5) is 14.2. The standard InChI is InChI=1S/C16H25BrN2O2/c1-12(19(2)11-14-8-9-15(17)21-14)16(20)18-10-13-6-4-3-5-7-13/h8-9,12-13H,3-7,10-11H2,1-2H3,(H,18,20). The van der Waals surface area contributed by atoms with Gasteiger partial charge in [-0.3, -0.25) is 9.69 Å². The van der Waals surface area contributed by atoms with Crippen molar-refractivity contribution in [3.05, 3.63) is 22.6 Å². The van der Waals surface area contributed by atoms with E-state index < -0.39 is 0 Å². The van der Waals surface area contributed by atoms with Gasteiger partial charge in [0.1, 0.15) is 5.76 Å². The molecule has 118 valence electrons. The molecule has 1 heterocycles. The van der Waals surface area contributed by atoms with Crippen LogP contribution in [0.25, 0.3) is 0 Å². The molecule has 0 saturated heterocycles. The highest BCUT2D eigenvalue weighted by Gasteiger charge is 2.21. The van der Waals surface area contributed by atoms with Crippen molar-refractivity contribution in [2.75, 3.05) is 13.6 Å². The fourth-order valence-corrected chi connectivity index (χ4v) is 3.14. The SMILES string of the molecule is CC(C(=O)NCC1CCCCC1)N(C)Cc1ccc(Br)o1. The Bertz CT molecular complexity index is 455. The van der Waals surface area contributed by atoms with Gasteiger partial charge in [0.05, 0.1) is 12.6 Å². The first-order valence-electron chi connectivity index (χ1n) is 7.78. The fourth-order valence-electron chi connectivity index (χ4n) is 2.80. The number of halogens is 1. The molecule has 0 spiro atoms. The summed E-state index contributed by atoms with van der Waals surface area (Å²) in [5.74, 6) is 1.63. The first kappa shape index (κ1) is 16.6. The van der Waals surface area contributed by atoms with E-state index in [-0.39, 0.29) is 11.9 Å². The Morgan fingerprint density at radius 1 is 1.43 bits per heavy atom. The molecule has 0 radical (unpaired) electrons. The molecule has 1 amide bonds. The molecular formula is C16H25BrN2O2. The van der Waals surface area contributed by atoms with E-state index in [4.69, 9.17) is 4.42 Å². The third kappa shape index (κ3) is 5.15. The van der Waals surface area contributed by atoms with Crippen molar-refractivity contribution in [1.82, 2.24) is 10.2 Å². The van der Waals surface area contributed by atoms with Crippen LogP contribution in [-0.4, -0.2) is 30.4 Å². The predicted molar refractivity (Wildman–Crippen MR) is 86.9 cm³/mol. The minimum Gasteiger partial charge on any atom is -0.453 e. The molecule has 0 aromatic carbocycles. The van der Waals surface area contributed by atoms with Crippen molar-refractivity contribution >= 4 is 21.8 Å². The van der Waals surface area contributed by atoms with Crippen molar-refractivity contribution in [1.29, 1.82) is 0 Å². The second-order valence-corrected chi connectivity index (χ2v) is 6.83. The lowest BCUT2D eigenvalue weighted by Crippen LogP contribution is -2.44. The summed E-state index contributed by atoms with van der Waals surface area (Å²) in [7, 11) is 1.95. The summed E-state index contributed by atoms with van der Waals surface area (Å²) in [6.07, 6.45) is 6.48. The van der Waals surface area contributed by atoms with Gasteiger partial charge >= 0.3 is 0 Å². The van der Waals surface area contributed by atoms with Gasteiger partial charge in [-0.25, -0.2) is 0 Å². The Balaban J connectivity index is 1.75. The van der Waals surface area contributed by atoms with E-state index in [1.54, 1.807) is 0 Å². The molecule has 1 N–H and O–H groups in total. The van der Waals surface area contributed by atoms with Crippen LogP contribution in [0.1, 0.15) is 44.8 Å². The third-order valence-corrected chi connectivity index (χ3v) is 4.79. The monoisotopic (exact) mass is 356 g/mol. The van der Waals surface area contributed by atoms with Crippen LogP contribution in [0.3, 0.4) is 0 Å². The zero-order valence-electron chi connectivity index (χ0n) is 12.9. The molecule has 0 aliphatic heterocycles. The molecule has 1 atom stereocenters. The molecule has 1 saturated carbocycles. The van der Waals surface area contributed by atoms with E-state index >= 15 is 0 Å². The van der Waals surface area contributed by atoms with E-state index in [0.29, 0.717) is 12.5 Å². The molecule has 1 unspecified atom stereocenters. The van der Waals surface area contributed by atoms with Crippen LogP contribution in [-0.2, 0) is 11.3 Å². The average Bonchev–Trinajstić information content (AvgIpc) is 2.90. The maximum atomic E-state index is 12.2. The van der Waals surface area contributed by atoms with Crippen LogP contribution < -0.4 is 5.32 Å². The maximum Gasteiger partial charge on any atom is 0.237 e. The minimum absolute atomic E-state index is 0.105. The molecule has 1 aliphatic rings. The molecule has 2 rings (SSSR count). The Hall–Kier alpha value is -0.810. The number of amides is 1. The normalized spacial score (nSPS) is 17.9. The zero-order valence-corrected chi connectivity index (χ0v) is 14.5. The van der Waals surface area contributed by atoms with Gasteiger partial charge in [-0.05, 0) is 60.8 Å². The van der Waals surface area contributed by atoms with Crippen LogP contribution in [0.2, 0.25) is 0 Å². The number of hydrogen-bond acceptors (Lipinski definition) is 3. The van der Waals surface area contributed by atoms with Crippen LogP contribution in [0.15, 0.2) is 21.2 Å². The van der Waals surface area contributed by atoms with E-state index in [9.17, 15) is 4.79 Å². The van der Waals surface area contributed by atoms with Gasteiger partial charge in [0.15, 0.2) is 4.67 Å². The summed E-state index contributed by atoms with van der Waals surface area (Å²) < 4.78 is 6.20. The number of nitrogens with zero attached hydrogens (tertiary/aromatic N) is 1. The number of likely N-dealkylation sites (N-methyl/N-ethyl adjacent to an activating group) is 1. The van der Waals surface area contributed by atoms with Gasteiger partial charge in [-0.1, -0.05) is 19.3 Å². The summed E-state index contributed by atoms with van der Waals surface area (Å²) >= 11 is 3.29. The van der Waals surface area contributed by atoms with Crippen molar-refractivity contribution in [2.45, 2.75) is 51.6 Å². The van der Waals surface area contributed by atoms with Gasteiger partial charge in [-0.15, -0.1) is 0 Å². The van der Waals surface area contributed by atoms with Crippen LogP contribution >= 0.6 is 15.9 Å². The number of nitrogens with one attached hydrogen (secondary N) is 1. The smallest absolute Gasteiger partial charge is 0.237 e. The second-order valence-electron chi connectivity index (χ2n) is 6.05. The van der Waals surface area contributed by atoms with E-state index in [0.717, 1.165) is 17.0 Å². The third-order valence-electron chi connectivity index (χ3n) is 4.36. The fraction of sp³-hybridized carbons (Fsp3) is 0.688. The summed E-state index contributed by atoms with van der Waals surface area (Å²) in [5, 5.41) is 3.10. The molecule has 0 bridgehead atoms. The topological polar surface area (TPSA) is 45.5 Å². The first-order valence-corrected chi connectivity index (χ1v) is 8.57. The van der Waals surface area contributed by atoms with Crippen LogP contribution in [0.5, 0.6) is 0 Å². The maximum absolute atomic E-state index is 12.2. The van der Waals surface area contributed by atoms with Crippen molar-refractivity contribution < 1.29 is 9.21 Å². The molecule has 1 aromatic rings. The summed E-state index contributed by atoms with van der Waals surface area (Å²) in [6, 6.07) is 3.64. The number of carbonyl (C=O) groups is 1. The molecule has 21 heavy (non-hydrogen) atoms. The average molecular weight is 357 g/mol. The number of rotatable bonds is 6. The van der Waals surface area contributed by atoms with Crippen LogP contribution in [0, 0.1) is 5.92 Å². The Kier molecular flexibility index (Phi) is 6.30. The molecule has 1 fully saturated rings. The molecular weight excluding hydrogens is 332 g/mol. The van der Waals surface area contributed by atoms with Crippen molar-refractivity contribution in [2.24, 2.45) is 5.92 Å². The Morgan fingerprint density at radius 2 is 2.14 bits per heavy atom. The van der Waals surface area contributed by atoms with Gasteiger partial charge in [0, 0.05) is 6.54 Å². The summed E-state index contributed by atoms with van der Waals surface area (Å²) in [6.45, 7) is 3.39. The first-order chi connectivity index (χ1) is 10.1. The van der Waals surface area contributed by atoms with Gasteiger partial charge in [0.2, 0.25) is 5.91 Å². The lowest BCUT2D eigenvalue weighted by atomic mass is 9.89. The molecule has 1 aromatic heterocycles. The minimum atomic E-state index is -0.155. The van der Waals surface area contributed by atoms with E-state index in [1.807, 2.05) is 31.0 Å². The van der Waals surface area contributed by atoms with Gasteiger partial charge in [0.25, 0.3) is 0 Å². The number of carbonyl (C=O) groups excluding carboxylic acids is 1. The van der Waals surface area contributed by atoms with E-state index in [2.05, 4.69) is 21.2 Å². The highest BCUT2D eigenvalue weighted by atomic mass is 79.9. The Labute approximate surface area is 135 Å². The molecule has 5 heteroatoms. The lowest BCUT2D eigenvalue weighted by molar-refractivity contribution is -0.125. The Morgan fingerprint density at radius 3 is 2.76 bits per heavy atom. The lowest BCUT2D eigenvalue weighted by Gasteiger charge is -2.26.